The SMILES string of the molecule is [CH2]CCCOC=O. The maximum absolute atomic E-state index is 9.44. The van der Waals surface area contributed by atoms with E-state index in [0.717, 1.165) is 12.8 Å². The van der Waals surface area contributed by atoms with Crippen LogP contribution in [0.3, 0.4) is 0 Å². The second-order valence-electron chi connectivity index (χ2n) is 1.17. The van der Waals surface area contributed by atoms with Crippen LogP contribution in [0, 0.1) is 6.92 Å². The summed E-state index contributed by atoms with van der Waals surface area (Å²) in [6, 6.07) is 0. The van der Waals surface area contributed by atoms with Gasteiger partial charge in [0, 0.05) is 0 Å². The molecule has 0 bridgehead atoms. The van der Waals surface area contributed by atoms with Gasteiger partial charge < -0.3 is 4.74 Å². The van der Waals surface area contributed by atoms with Crippen molar-refractivity contribution in [1.29, 1.82) is 0 Å². The number of carbonyl (C=O) groups excluding carboxylic acids is 1. The van der Waals surface area contributed by atoms with Gasteiger partial charge in [0.15, 0.2) is 0 Å². The van der Waals surface area contributed by atoms with Crippen LogP contribution in [0.25, 0.3) is 0 Å². The Hall–Kier alpha value is -0.530. The van der Waals surface area contributed by atoms with E-state index in [-0.39, 0.29) is 0 Å². The van der Waals surface area contributed by atoms with Crippen LogP contribution in [0.4, 0.5) is 0 Å². The average molecular weight is 101 g/mol. The minimum absolute atomic E-state index is 0.454. The lowest BCUT2D eigenvalue weighted by Gasteiger charge is -1.90. The van der Waals surface area contributed by atoms with Gasteiger partial charge in [-0.2, -0.15) is 0 Å². The zero-order chi connectivity index (χ0) is 5.54. The molecule has 0 amide bonds. The normalized spacial score (nSPS) is 8.14. The Morgan fingerprint density at radius 3 is 2.86 bits per heavy atom. The Morgan fingerprint density at radius 2 is 2.43 bits per heavy atom. The summed E-state index contributed by atoms with van der Waals surface area (Å²) in [4.78, 5) is 9.44. The molecular formula is C5H9O2. The molecule has 0 atom stereocenters. The Labute approximate surface area is 43.5 Å². The van der Waals surface area contributed by atoms with E-state index in [9.17, 15) is 4.79 Å². The molecule has 2 nitrogen and oxygen atoms in total. The number of hydrogen-bond donors (Lipinski definition) is 0. The number of ether oxygens (including phenoxy) is 1. The highest BCUT2D eigenvalue weighted by molar-refractivity contribution is 5.36. The van der Waals surface area contributed by atoms with E-state index in [1.807, 2.05) is 0 Å². The van der Waals surface area contributed by atoms with E-state index in [4.69, 9.17) is 0 Å². The zero-order valence-corrected chi connectivity index (χ0v) is 4.22. The first kappa shape index (κ1) is 6.47. The largest absolute Gasteiger partial charge is 0.468 e. The number of unbranched alkanes of at least 4 members (excludes halogenated alkanes) is 1. The molecule has 1 radical (unpaired) electrons. The van der Waals surface area contributed by atoms with Gasteiger partial charge in [-0.1, -0.05) is 13.3 Å². The van der Waals surface area contributed by atoms with Crippen LogP contribution in [0.15, 0.2) is 0 Å². The molecule has 41 valence electrons. The van der Waals surface area contributed by atoms with Gasteiger partial charge >= 0.3 is 0 Å². The lowest BCUT2D eigenvalue weighted by atomic mass is 10.4. The Balaban J connectivity index is 2.56. The maximum Gasteiger partial charge on any atom is 0.293 e. The maximum atomic E-state index is 9.44. The van der Waals surface area contributed by atoms with Crippen molar-refractivity contribution < 1.29 is 9.53 Å². The highest BCUT2D eigenvalue weighted by atomic mass is 16.5. The number of rotatable bonds is 4. The van der Waals surface area contributed by atoms with Gasteiger partial charge in [0.1, 0.15) is 0 Å². The van der Waals surface area contributed by atoms with Crippen molar-refractivity contribution >= 4 is 6.47 Å². The summed E-state index contributed by atoms with van der Waals surface area (Å²) in [5.41, 5.74) is 0. The van der Waals surface area contributed by atoms with Crippen LogP contribution in [0.2, 0.25) is 0 Å². The molecule has 0 saturated heterocycles. The predicted octanol–water partition coefficient (Wildman–Crippen LogP) is 0.774. The van der Waals surface area contributed by atoms with Crippen molar-refractivity contribution in [2.24, 2.45) is 0 Å². The topological polar surface area (TPSA) is 26.3 Å². The fourth-order valence-electron chi connectivity index (χ4n) is 0.234. The van der Waals surface area contributed by atoms with E-state index in [0.29, 0.717) is 13.1 Å². The summed E-state index contributed by atoms with van der Waals surface area (Å²) < 4.78 is 4.35. The van der Waals surface area contributed by atoms with Gasteiger partial charge in [0.25, 0.3) is 6.47 Å². The molecule has 0 aliphatic heterocycles. The van der Waals surface area contributed by atoms with E-state index in [1.54, 1.807) is 0 Å². The Morgan fingerprint density at radius 1 is 1.71 bits per heavy atom. The second-order valence-corrected chi connectivity index (χ2v) is 1.17. The van der Waals surface area contributed by atoms with Crippen molar-refractivity contribution in [3.8, 4) is 0 Å². The molecule has 0 spiro atoms. The highest BCUT2D eigenvalue weighted by Crippen LogP contribution is 1.83. The van der Waals surface area contributed by atoms with Crippen LogP contribution < -0.4 is 0 Å². The minimum Gasteiger partial charge on any atom is -0.468 e. The third kappa shape index (κ3) is 5.47. The number of hydrogen-bond acceptors (Lipinski definition) is 2. The summed E-state index contributed by atoms with van der Waals surface area (Å²) >= 11 is 0. The summed E-state index contributed by atoms with van der Waals surface area (Å²) in [7, 11) is 0. The summed E-state index contributed by atoms with van der Waals surface area (Å²) in [6.07, 6.45) is 1.69. The molecule has 0 rings (SSSR count). The van der Waals surface area contributed by atoms with Gasteiger partial charge in [0.05, 0.1) is 6.61 Å². The summed E-state index contributed by atoms with van der Waals surface area (Å²) in [5, 5.41) is 0. The van der Waals surface area contributed by atoms with Gasteiger partial charge in [-0.3, -0.25) is 4.79 Å². The smallest absolute Gasteiger partial charge is 0.293 e. The molecule has 0 aliphatic carbocycles. The van der Waals surface area contributed by atoms with Crippen LogP contribution in [0.1, 0.15) is 12.8 Å². The molecule has 0 unspecified atom stereocenters. The lowest BCUT2D eigenvalue weighted by Crippen LogP contribution is -1.88. The van der Waals surface area contributed by atoms with E-state index < -0.39 is 0 Å². The van der Waals surface area contributed by atoms with Gasteiger partial charge in [-0.05, 0) is 6.42 Å². The van der Waals surface area contributed by atoms with Crippen molar-refractivity contribution in [2.75, 3.05) is 6.61 Å². The average Bonchev–Trinajstić information content (AvgIpc) is 1.69. The second kappa shape index (κ2) is 5.47. The van der Waals surface area contributed by atoms with Crippen LogP contribution in [0.5, 0.6) is 0 Å². The molecule has 0 N–H and O–H groups in total. The molecule has 0 aromatic rings. The molecular weight excluding hydrogens is 92.1 g/mol. The van der Waals surface area contributed by atoms with E-state index >= 15 is 0 Å². The van der Waals surface area contributed by atoms with Crippen molar-refractivity contribution in [1.82, 2.24) is 0 Å². The first-order chi connectivity index (χ1) is 3.41. The van der Waals surface area contributed by atoms with Gasteiger partial charge in [-0.15, -0.1) is 0 Å². The molecule has 0 aliphatic rings. The Bertz CT molecular complexity index is 43.3. The van der Waals surface area contributed by atoms with Gasteiger partial charge in [0.2, 0.25) is 0 Å². The quantitative estimate of drug-likeness (QED) is 0.386. The molecule has 0 aromatic carbocycles. The fourth-order valence-corrected chi connectivity index (χ4v) is 0.234. The first-order valence-corrected chi connectivity index (χ1v) is 2.26. The van der Waals surface area contributed by atoms with E-state index in [1.165, 1.54) is 0 Å². The lowest BCUT2D eigenvalue weighted by molar-refractivity contribution is -0.128. The van der Waals surface area contributed by atoms with Crippen molar-refractivity contribution in [3.63, 3.8) is 0 Å². The minimum atomic E-state index is 0.454. The first-order valence-electron chi connectivity index (χ1n) is 2.26. The Kier molecular flexibility index (Phi) is 5.06. The van der Waals surface area contributed by atoms with Crippen molar-refractivity contribution in [3.05, 3.63) is 6.92 Å². The fraction of sp³-hybridized carbons (Fsp3) is 0.600. The highest BCUT2D eigenvalue weighted by Gasteiger charge is 1.78. The zero-order valence-electron chi connectivity index (χ0n) is 4.22. The third-order valence-electron chi connectivity index (χ3n) is 0.580. The third-order valence-corrected chi connectivity index (χ3v) is 0.580. The van der Waals surface area contributed by atoms with Gasteiger partial charge in [-0.25, -0.2) is 0 Å². The predicted molar refractivity (Wildman–Crippen MR) is 26.6 cm³/mol. The molecule has 2 heteroatoms. The standard InChI is InChI=1S/C5H9O2/c1-2-3-4-7-5-6/h5H,1-4H2. The molecule has 7 heavy (non-hydrogen) atoms. The monoisotopic (exact) mass is 101 g/mol. The molecule has 0 aromatic heterocycles. The molecule has 0 heterocycles. The van der Waals surface area contributed by atoms with Crippen molar-refractivity contribution in [2.45, 2.75) is 12.8 Å². The van der Waals surface area contributed by atoms with Crippen LogP contribution >= 0.6 is 0 Å². The molecule has 0 saturated carbocycles. The van der Waals surface area contributed by atoms with Crippen LogP contribution in [-0.2, 0) is 9.53 Å². The summed E-state index contributed by atoms with van der Waals surface area (Å²) in [5.74, 6) is 0. The van der Waals surface area contributed by atoms with Crippen LogP contribution in [-0.4, -0.2) is 13.1 Å². The van der Waals surface area contributed by atoms with E-state index in [2.05, 4.69) is 11.7 Å². The summed E-state index contributed by atoms with van der Waals surface area (Å²) in [6.45, 7) is 4.52. The number of carbonyl (C=O) groups is 1. The molecule has 0 fully saturated rings.